The smallest absolute Gasteiger partial charge is 0.288 e. The number of alkyl halides is 3. The molecule has 0 aromatic heterocycles. The Bertz CT molecular complexity index is 1100. The molecule has 9 heteroatoms. The van der Waals surface area contributed by atoms with Gasteiger partial charge < -0.3 is 0 Å². The molecule has 5 nitrogen and oxygen atoms in total. The summed E-state index contributed by atoms with van der Waals surface area (Å²) in [6, 6.07) is 7.94. The summed E-state index contributed by atoms with van der Waals surface area (Å²) >= 11 is 0. The summed E-state index contributed by atoms with van der Waals surface area (Å²) < 4.78 is 64.2. The van der Waals surface area contributed by atoms with E-state index in [-0.39, 0.29) is 17.2 Å². The Kier molecular flexibility index (Phi) is 4.41. The van der Waals surface area contributed by atoms with Crippen LogP contribution in [0.5, 0.6) is 0 Å². The molecule has 2 aromatic rings. The van der Waals surface area contributed by atoms with E-state index in [0.717, 1.165) is 23.3 Å². The Labute approximate surface area is 166 Å². The highest BCUT2D eigenvalue weighted by Gasteiger charge is 2.54. The first-order valence-corrected chi connectivity index (χ1v) is 10.9. The lowest BCUT2D eigenvalue weighted by Crippen LogP contribution is -2.38. The van der Waals surface area contributed by atoms with Gasteiger partial charge >= 0.3 is 12.2 Å². The Morgan fingerprint density at radius 3 is 2.24 bits per heavy atom. The lowest BCUT2D eigenvalue weighted by atomic mass is 10.1. The summed E-state index contributed by atoms with van der Waals surface area (Å²) in [5.74, 6) is -0.493. The van der Waals surface area contributed by atoms with Gasteiger partial charge in [0.05, 0.1) is 29.2 Å². The van der Waals surface area contributed by atoms with Crippen LogP contribution in [0.3, 0.4) is 0 Å². The monoisotopic (exact) mass is 424 g/mol. The summed E-state index contributed by atoms with van der Waals surface area (Å²) in [4.78, 5) is 16.0. The molecule has 4 rings (SSSR count). The Balaban J connectivity index is 1.84. The van der Waals surface area contributed by atoms with Gasteiger partial charge in [0.15, 0.2) is 9.84 Å². The summed E-state index contributed by atoms with van der Waals surface area (Å²) in [6.45, 7) is 3.72. The maximum Gasteiger partial charge on any atom is 0.416 e. The van der Waals surface area contributed by atoms with E-state index < -0.39 is 39.7 Å². The first-order chi connectivity index (χ1) is 13.5. The van der Waals surface area contributed by atoms with E-state index in [4.69, 9.17) is 0 Å². The first-order valence-electron chi connectivity index (χ1n) is 9.06. The molecular weight excluding hydrogens is 405 g/mol. The van der Waals surface area contributed by atoms with Crippen molar-refractivity contribution in [2.24, 2.45) is 0 Å². The molecule has 0 radical (unpaired) electrons. The van der Waals surface area contributed by atoms with Gasteiger partial charge in [0, 0.05) is 11.4 Å². The van der Waals surface area contributed by atoms with Crippen LogP contribution in [0.15, 0.2) is 42.5 Å². The van der Waals surface area contributed by atoms with Crippen molar-refractivity contribution < 1.29 is 26.4 Å². The minimum absolute atomic E-state index is 0.0460. The fourth-order valence-electron chi connectivity index (χ4n) is 4.12. The van der Waals surface area contributed by atoms with Crippen LogP contribution in [-0.4, -0.2) is 38.0 Å². The number of hydrogen-bond donors (Lipinski definition) is 0. The number of carbonyl (C=O) groups excluding carboxylic acids is 1. The number of sulfone groups is 1. The average molecular weight is 424 g/mol. The number of urea groups is 1. The zero-order valence-electron chi connectivity index (χ0n) is 15.8. The van der Waals surface area contributed by atoms with Crippen molar-refractivity contribution >= 4 is 27.2 Å². The quantitative estimate of drug-likeness (QED) is 0.687. The van der Waals surface area contributed by atoms with Gasteiger partial charge in [-0.2, -0.15) is 13.2 Å². The SMILES string of the molecule is Cc1cccc(N2C(=O)N(c3cccc(C(F)(F)F)c3)[C@H]3CS(=O)(=O)C[C@H]32)c1C. The molecule has 2 fully saturated rings. The maximum atomic E-state index is 13.3. The molecule has 154 valence electrons. The molecule has 0 aliphatic carbocycles. The predicted octanol–water partition coefficient (Wildman–Crippen LogP) is 3.93. The second-order valence-electron chi connectivity index (χ2n) is 7.50. The van der Waals surface area contributed by atoms with Gasteiger partial charge in [0.2, 0.25) is 0 Å². The maximum absolute atomic E-state index is 13.3. The molecule has 0 N–H and O–H groups in total. The van der Waals surface area contributed by atoms with Crippen molar-refractivity contribution in [3.8, 4) is 0 Å². The number of anilines is 2. The Hall–Kier alpha value is -2.55. The van der Waals surface area contributed by atoms with Gasteiger partial charge in [0.25, 0.3) is 0 Å². The zero-order valence-corrected chi connectivity index (χ0v) is 16.6. The minimum atomic E-state index is -4.56. The van der Waals surface area contributed by atoms with Crippen LogP contribution in [-0.2, 0) is 16.0 Å². The molecule has 2 saturated heterocycles. The second kappa shape index (κ2) is 6.48. The molecule has 2 heterocycles. The molecule has 0 saturated carbocycles. The van der Waals surface area contributed by atoms with Gasteiger partial charge in [-0.15, -0.1) is 0 Å². The summed E-state index contributed by atoms with van der Waals surface area (Å²) in [5.41, 5.74) is 1.51. The van der Waals surface area contributed by atoms with Crippen LogP contribution in [0, 0.1) is 13.8 Å². The molecule has 29 heavy (non-hydrogen) atoms. The van der Waals surface area contributed by atoms with E-state index in [0.29, 0.717) is 5.69 Å². The minimum Gasteiger partial charge on any atom is -0.288 e. The van der Waals surface area contributed by atoms with E-state index in [1.165, 1.54) is 21.9 Å². The number of carbonyl (C=O) groups is 1. The highest BCUT2D eigenvalue weighted by atomic mass is 32.2. The number of rotatable bonds is 2. The lowest BCUT2D eigenvalue weighted by molar-refractivity contribution is -0.137. The van der Waals surface area contributed by atoms with Crippen LogP contribution >= 0.6 is 0 Å². The van der Waals surface area contributed by atoms with Crippen molar-refractivity contribution in [1.29, 1.82) is 0 Å². The number of halogens is 3. The predicted molar refractivity (Wildman–Crippen MR) is 104 cm³/mol. The number of fused-ring (bicyclic) bond motifs is 1. The Morgan fingerprint density at radius 1 is 0.966 bits per heavy atom. The zero-order chi connectivity index (χ0) is 21.1. The lowest BCUT2D eigenvalue weighted by Gasteiger charge is -2.25. The normalized spacial score (nSPS) is 23.6. The third-order valence-corrected chi connectivity index (χ3v) is 7.36. The summed E-state index contributed by atoms with van der Waals surface area (Å²) in [5, 5.41) is 0. The molecular formula is C20H19F3N2O3S. The number of benzene rings is 2. The van der Waals surface area contributed by atoms with E-state index in [9.17, 15) is 26.4 Å². The molecule has 2 atom stereocenters. The number of hydrogen-bond acceptors (Lipinski definition) is 3. The highest BCUT2D eigenvalue weighted by Crippen LogP contribution is 2.40. The van der Waals surface area contributed by atoms with E-state index >= 15 is 0 Å². The third kappa shape index (κ3) is 3.27. The molecule has 2 aliphatic heterocycles. The van der Waals surface area contributed by atoms with Crippen molar-refractivity contribution in [2.45, 2.75) is 32.1 Å². The van der Waals surface area contributed by atoms with Gasteiger partial charge in [-0.1, -0.05) is 18.2 Å². The van der Waals surface area contributed by atoms with Gasteiger partial charge in [-0.3, -0.25) is 9.80 Å². The van der Waals surface area contributed by atoms with E-state index in [1.54, 1.807) is 12.1 Å². The van der Waals surface area contributed by atoms with E-state index in [2.05, 4.69) is 0 Å². The number of aryl methyl sites for hydroxylation is 1. The van der Waals surface area contributed by atoms with Crippen LogP contribution in [0.1, 0.15) is 16.7 Å². The van der Waals surface area contributed by atoms with Gasteiger partial charge in [-0.05, 0) is 49.2 Å². The molecule has 0 unspecified atom stereocenters. The molecule has 2 aromatic carbocycles. The fraction of sp³-hybridized carbons (Fsp3) is 0.350. The summed E-state index contributed by atoms with van der Waals surface area (Å²) in [6.07, 6.45) is -4.56. The van der Waals surface area contributed by atoms with Crippen molar-refractivity contribution in [3.63, 3.8) is 0 Å². The first kappa shape index (κ1) is 19.8. The number of amides is 2. The Morgan fingerprint density at radius 2 is 1.59 bits per heavy atom. The average Bonchev–Trinajstić information content (AvgIpc) is 3.06. The second-order valence-corrected chi connectivity index (χ2v) is 9.66. The van der Waals surface area contributed by atoms with Crippen LogP contribution < -0.4 is 9.80 Å². The topological polar surface area (TPSA) is 57.7 Å². The molecule has 0 bridgehead atoms. The van der Waals surface area contributed by atoms with Crippen LogP contribution in [0.25, 0.3) is 0 Å². The molecule has 2 aliphatic rings. The number of nitrogens with zero attached hydrogens (tertiary/aromatic N) is 2. The van der Waals surface area contributed by atoms with Crippen LogP contribution in [0.2, 0.25) is 0 Å². The van der Waals surface area contributed by atoms with Gasteiger partial charge in [0.1, 0.15) is 0 Å². The van der Waals surface area contributed by atoms with Crippen molar-refractivity contribution in [1.82, 2.24) is 0 Å². The largest absolute Gasteiger partial charge is 0.416 e. The van der Waals surface area contributed by atoms with E-state index in [1.807, 2.05) is 19.9 Å². The third-order valence-electron chi connectivity index (χ3n) is 5.66. The fourth-order valence-corrected chi connectivity index (χ4v) is 6.04. The van der Waals surface area contributed by atoms with Crippen molar-refractivity contribution in [2.75, 3.05) is 21.3 Å². The van der Waals surface area contributed by atoms with Gasteiger partial charge in [-0.25, -0.2) is 13.2 Å². The molecule has 0 spiro atoms. The van der Waals surface area contributed by atoms with Crippen molar-refractivity contribution in [3.05, 3.63) is 59.2 Å². The highest BCUT2D eigenvalue weighted by molar-refractivity contribution is 7.91. The summed E-state index contributed by atoms with van der Waals surface area (Å²) in [7, 11) is -3.43. The standard InChI is InChI=1S/C20H19F3N2O3S/c1-12-5-3-8-16(13(12)2)25-18-11-29(27,28)10-17(18)24(19(25)26)15-7-4-6-14(9-15)20(21,22)23/h3-9,17-18H,10-11H2,1-2H3/t17-,18+/m0/s1. The molecule has 2 amide bonds. The van der Waals surface area contributed by atoms with Crippen LogP contribution in [0.4, 0.5) is 29.3 Å².